The molecule has 1 atom stereocenters. The molecule has 130 valence electrons. The SMILES string of the molecule is FC(F)(F)Cc1ccc(-c2nccn2CCC2CNCCO2)cc1. The van der Waals surface area contributed by atoms with Gasteiger partial charge in [-0.3, -0.25) is 0 Å². The summed E-state index contributed by atoms with van der Waals surface area (Å²) in [5, 5.41) is 3.29. The molecular weight excluding hydrogens is 319 g/mol. The third kappa shape index (κ3) is 4.58. The van der Waals surface area contributed by atoms with Crippen molar-refractivity contribution in [2.24, 2.45) is 0 Å². The first kappa shape index (κ1) is 17.0. The van der Waals surface area contributed by atoms with Gasteiger partial charge in [0, 0.05) is 37.6 Å². The van der Waals surface area contributed by atoms with Gasteiger partial charge in [0.2, 0.25) is 0 Å². The minimum absolute atomic E-state index is 0.183. The summed E-state index contributed by atoms with van der Waals surface area (Å²) < 4.78 is 45.0. The number of hydrogen-bond donors (Lipinski definition) is 1. The maximum atomic E-state index is 12.4. The molecule has 1 saturated heterocycles. The Morgan fingerprint density at radius 3 is 2.71 bits per heavy atom. The molecule has 24 heavy (non-hydrogen) atoms. The van der Waals surface area contributed by atoms with Crippen LogP contribution in [0.3, 0.4) is 0 Å². The molecule has 1 aromatic heterocycles. The smallest absolute Gasteiger partial charge is 0.376 e. The Labute approximate surface area is 138 Å². The molecule has 7 heteroatoms. The fourth-order valence-corrected chi connectivity index (χ4v) is 2.84. The molecule has 0 bridgehead atoms. The maximum Gasteiger partial charge on any atom is 0.393 e. The number of alkyl halides is 3. The Morgan fingerprint density at radius 1 is 1.25 bits per heavy atom. The van der Waals surface area contributed by atoms with Gasteiger partial charge in [-0.15, -0.1) is 0 Å². The molecule has 0 aliphatic carbocycles. The van der Waals surface area contributed by atoms with Crippen LogP contribution >= 0.6 is 0 Å². The minimum Gasteiger partial charge on any atom is -0.376 e. The van der Waals surface area contributed by atoms with Crippen LogP contribution in [0.25, 0.3) is 11.4 Å². The number of benzene rings is 1. The third-order valence-electron chi connectivity index (χ3n) is 4.03. The Hall–Kier alpha value is -1.86. The number of aromatic nitrogens is 2. The summed E-state index contributed by atoms with van der Waals surface area (Å²) in [6.45, 7) is 3.21. The monoisotopic (exact) mass is 339 g/mol. The van der Waals surface area contributed by atoms with Gasteiger partial charge in [-0.1, -0.05) is 24.3 Å². The van der Waals surface area contributed by atoms with Crippen molar-refractivity contribution in [2.75, 3.05) is 19.7 Å². The quantitative estimate of drug-likeness (QED) is 0.910. The van der Waals surface area contributed by atoms with E-state index < -0.39 is 12.6 Å². The highest BCUT2D eigenvalue weighted by Gasteiger charge is 2.27. The van der Waals surface area contributed by atoms with Gasteiger partial charge in [0.15, 0.2) is 0 Å². The first-order valence-electron chi connectivity index (χ1n) is 8.01. The van der Waals surface area contributed by atoms with Crippen LogP contribution in [-0.2, 0) is 17.7 Å². The number of nitrogens with one attached hydrogen (secondary N) is 1. The van der Waals surface area contributed by atoms with Crippen LogP contribution in [0.4, 0.5) is 13.2 Å². The Bertz CT molecular complexity index is 646. The zero-order chi connectivity index (χ0) is 17.0. The van der Waals surface area contributed by atoms with Crippen molar-refractivity contribution in [2.45, 2.75) is 31.7 Å². The van der Waals surface area contributed by atoms with E-state index in [1.54, 1.807) is 18.3 Å². The van der Waals surface area contributed by atoms with Gasteiger partial charge < -0.3 is 14.6 Å². The van der Waals surface area contributed by atoms with Gasteiger partial charge in [-0.25, -0.2) is 4.98 Å². The van der Waals surface area contributed by atoms with E-state index in [9.17, 15) is 13.2 Å². The fraction of sp³-hybridized carbons (Fsp3) is 0.471. The van der Waals surface area contributed by atoms with E-state index in [1.165, 1.54) is 12.1 Å². The predicted octanol–water partition coefficient (Wildman–Crippen LogP) is 3.03. The maximum absolute atomic E-state index is 12.4. The molecule has 1 aromatic carbocycles. The summed E-state index contributed by atoms with van der Waals surface area (Å²) in [6, 6.07) is 6.41. The standard InChI is InChI=1S/C17H20F3N3O/c18-17(19,20)11-13-1-3-14(4-2-13)16-22-6-9-23(16)8-5-15-12-21-7-10-24-15/h1-4,6,9,15,21H,5,7-8,10-12H2. The van der Waals surface area contributed by atoms with Crippen LogP contribution in [0.2, 0.25) is 0 Å². The predicted molar refractivity (Wildman–Crippen MR) is 84.6 cm³/mol. The number of nitrogens with zero attached hydrogens (tertiary/aromatic N) is 2. The lowest BCUT2D eigenvalue weighted by atomic mass is 10.1. The van der Waals surface area contributed by atoms with Crippen LogP contribution in [-0.4, -0.2) is 41.5 Å². The van der Waals surface area contributed by atoms with Crippen LogP contribution in [0.1, 0.15) is 12.0 Å². The van der Waals surface area contributed by atoms with E-state index >= 15 is 0 Å². The third-order valence-corrected chi connectivity index (χ3v) is 4.03. The van der Waals surface area contributed by atoms with Gasteiger partial charge in [0.25, 0.3) is 0 Å². The molecule has 2 heterocycles. The molecule has 0 radical (unpaired) electrons. The molecule has 1 N–H and O–H groups in total. The first-order valence-corrected chi connectivity index (χ1v) is 8.01. The molecule has 1 fully saturated rings. The molecule has 0 spiro atoms. The Kier molecular flexibility index (Phi) is 5.20. The molecule has 3 rings (SSSR count). The van der Waals surface area contributed by atoms with E-state index in [4.69, 9.17) is 4.74 Å². The van der Waals surface area contributed by atoms with E-state index in [0.717, 1.165) is 44.0 Å². The van der Waals surface area contributed by atoms with Crippen molar-refractivity contribution in [3.05, 3.63) is 42.2 Å². The number of halogens is 3. The molecule has 0 saturated carbocycles. The first-order chi connectivity index (χ1) is 11.5. The number of imidazole rings is 1. The average Bonchev–Trinajstić information content (AvgIpc) is 3.02. The van der Waals surface area contributed by atoms with Gasteiger partial charge in [-0.05, 0) is 12.0 Å². The fourth-order valence-electron chi connectivity index (χ4n) is 2.84. The summed E-state index contributed by atoms with van der Waals surface area (Å²) in [7, 11) is 0. The second-order valence-corrected chi connectivity index (χ2v) is 5.92. The molecule has 1 aliphatic rings. The molecule has 2 aromatic rings. The number of rotatable bonds is 5. The van der Waals surface area contributed by atoms with Crippen molar-refractivity contribution in [1.82, 2.24) is 14.9 Å². The lowest BCUT2D eigenvalue weighted by Gasteiger charge is -2.23. The van der Waals surface area contributed by atoms with Gasteiger partial charge in [0.1, 0.15) is 5.82 Å². The molecule has 1 aliphatic heterocycles. The van der Waals surface area contributed by atoms with E-state index in [-0.39, 0.29) is 11.7 Å². The van der Waals surface area contributed by atoms with E-state index in [0.29, 0.717) is 0 Å². The highest BCUT2D eigenvalue weighted by Crippen LogP contribution is 2.24. The lowest BCUT2D eigenvalue weighted by Crippen LogP contribution is -2.38. The van der Waals surface area contributed by atoms with Crippen LogP contribution < -0.4 is 5.32 Å². The highest BCUT2D eigenvalue weighted by atomic mass is 19.4. The molecular formula is C17H20F3N3O. The minimum atomic E-state index is -4.19. The van der Waals surface area contributed by atoms with Crippen molar-refractivity contribution >= 4 is 0 Å². The summed E-state index contributed by atoms with van der Waals surface area (Å²) in [5.41, 5.74) is 1.07. The molecule has 4 nitrogen and oxygen atoms in total. The van der Waals surface area contributed by atoms with Crippen LogP contribution in [0.5, 0.6) is 0 Å². The number of hydrogen-bond acceptors (Lipinski definition) is 3. The van der Waals surface area contributed by atoms with E-state index in [2.05, 4.69) is 10.3 Å². The summed E-state index contributed by atoms with van der Waals surface area (Å²) in [6.07, 6.45) is -0.457. The van der Waals surface area contributed by atoms with Crippen molar-refractivity contribution in [3.63, 3.8) is 0 Å². The van der Waals surface area contributed by atoms with E-state index in [1.807, 2.05) is 10.8 Å². The average molecular weight is 339 g/mol. The summed E-state index contributed by atoms with van der Waals surface area (Å²) >= 11 is 0. The normalized spacial score (nSPS) is 18.7. The topological polar surface area (TPSA) is 39.1 Å². The second kappa shape index (κ2) is 7.36. The lowest BCUT2D eigenvalue weighted by molar-refractivity contribution is -0.127. The van der Waals surface area contributed by atoms with Crippen LogP contribution in [0.15, 0.2) is 36.7 Å². The van der Waals surface area contributed by atoms with Crippen molar-refractivity contribution < 1.29 is 17.9 Å². The highest BCUT2D eigenvalue weighted by molar-refractivity contribution is 5.56. The van der Waals surface area contributed by atoms with Crippen molar-refractivity contribution in [3.8, 4) is 11.4 Å². The van der Waals surface area contributed by atoms with Crippen LogP contribution in [0, 0.1) is 0 Å². The van der Waals surface area contributed by atoms with Gasteiger partial charge in [0.05, 0.1) is 19.1 Å². The molecule has 0 amide bonds. The zero-order valence-corrected chi connectivity index (χ0v) is 13.2. The Balaban J connectivity index is 1.65. The number of morpholine rings is 1. The number of ether oxygens (including phenoxy) is 1. The van der Waals surface area contributed by atoms with Crippen molar-refractivity contribution in [1.29, 1.82) is 0 Å². The van der Waals surface area contributed by atoms with Gasteiger partial charge >= 0.3 is 6.18 Å². The number of aryl methyl sites for hydroxylation is 1. The Morgan fingerprint density at radius 2 is 2.04 bits per heavy atom. The second-order valence-electron chi connectivity index (χ2n) is 5.92. The zero-order valence-electron chi connectivity index (χ0n) is 13.2. The summed E-state index contributed by atoms with van der Waals surface area (Å²) in [4.78, 5) is 4.34. The van der Waals surface area contributed by atoms with Gasteiger partial charge in [-0.2, -0.15) is 13.2 Å². The summed E-state index contributed by atoms with van der Waals surface area (Å²) in [5.74, 6) is 0.761. The molecule has 1 unspecified atom stereocenters. The largest absolute Gasteiger partial charge is 0.393 e.